The van der Waals surface area contributed by atoms with Gasteiger partial charge in [-0.05, 0) is 81.9 Å². The summed E-state index contributed by atoms with van der Waals surface area (Å²) in [6.45, 7) is 8.56. The Balaban J connectivity index is 1.88. The van der Waals surface area contributed by atoms with E-state index in [0.29, 0.717) is 17.2 Å². The second kappa shape index (κ2) is 8.39. The standard InChI is InChI=1S/C21H24N4O2S/c1-5-26-18-9-7-6-8-17(18)19-23-24-20(28)25(19)22-14-15-10-12-16(13-11-15)27-21(2,3)4/h6-14H,5H2,1-4H3,(H,24,28)/b22-14-. The third kappa shape index (κ3) is 4.86. The molecule has 1 aromatic heterocycles. The van der Waals surface area contributed by atoms with Gasteiger partial charge < -0.3 is 9.47 Å². The topological polar surface area (TPSA) is 64.4 Å². The first kappa shape index (κ1) is 19.8. The number of aromatic amines is 1. The van der Waals surface area contributed by atoms with E-state index in [1.54, 1.807) is 10.9 Å². The summed E-state index contributed by atoms with van der Waals surface area (Å²) in [4.78, 5) is 0. The van der Waals surface area contributed by atoms with Crippen molar-refractivity contribution in [3.63, 3.8) is 0 Å². The van der Waals surface area contributed by atoms with Gasteiger partial charge in [0, 0.05) is 0 Å². The van der Waals surface area contributed by atoms with Crippen LogP contribution in [0.2, 0.25) is 0 Å². The third-order valence-electron chi connectivity index (χ3n) is 3.70. The van der Waals surface area contributed by atoms with Crippen molar-refractivity contribution >= 4 is 18.4 Å². The number of aromatic nitrogens is 3. The highest BCUT2D eigenvalue weighted by molar-refractivity contribution is 7.71. The number of nitrogens with zero attached hydrogens (tertiary/aromatic N) is 3. The Morgan fingerprint density at radius 2 is 1.86 bits per heavy atom. The van der Waals surface area contributed by atoms with E-state index in [-0.39, 0.29) is 5.60 Å². The highest BCUT2D eigenvalue weighted by atomic mass is 32.1. The van der Waals surface area contributed by atoms with Crippen LogP contribution in [0.15, 0.2) is 53.6 Å². The minimum atomic E-state index is -0.234. The van der Waals surface area contributed by atoms with E-state index in [0.717, 1.165) is 22.6 Å². The van der Waals surface area contributed by atoms with Crippen molar-refractivity contribution in [1.29, 1.82) is 0 Å². The van der Waals surface area contributed by atoms with Gasteiger partial charge in [-0.3, -0.25) is 0 Å². The molecule has 0 atom stereocenters. The average Bonchev–Trinajstić information content (AvgIpc) is 3.01. The largest absolute Gasteiger partial charge is 0.493 e. The number of H-pyrrole nitrogens is 1. The maximum absolute atomic E-state index is 5.84. The molecule has 0 spiro atoms. The van der Waals surface area contributed by atoms with Gasteiger partial charge in [0.25, 0.3) is 0 Å². The summed E-state index contributed by atoms with van der Waals surface area (Å²) in [6, 6.07) is 15.4. The second-order valence-electron chi connectivity index (χ2n) is 7.12. The summed E-state index contributed by atoms with van der Waals surface area (Å²) in [6.07, 6.45) is 1.74. The van der Waals surface area contributed by atoms with Crippen molar-refractivity contribution in [2.45, 2.75) is 33.3 Å². The van der Waals surface area contributed by atoms with E-state index in [1.807, 2.05) is 76.2 Å². The van der Waals surface area contributed by atoms with Gasteiger partial charge in [0.2, 0.25) is 4.77 Å². The Kier molecular flexibility index (Phi) is 5.94. The zero-order valence-corrected chi connectivity index (χ0v) is 17.3. The summed E-state index contributed by atoms with van der Waals surface area (Å²) < 4.78 is 13.5. The molecule has 0 saturated carbocycles. The number of ether oxygens (including phenoxy) is 2. The number of benzene rings is 2. The summed E-state index contributed by atoms with van der Waals surface area (Å²) in [7, 11) is 0. The average molecular weight is 397 g/mol. The first-order valence-electron chi connectivity index (χ1n) is 9.10. The molecule has 1 heterocycles. The second-order valence-corrected chi connectivity index (χ2v) is 7.51. The van der Waals surface area contributed by atoms with Gasteiger partial charge in [-0.25, -0.2) is 5.10 Å². The van der Waals surface area contributed by atoms with E-state index < -0.39 is 0 Å². The number of rotatable bonds is 6. The Morgan fingerprint density at radius 1 is 1.14 bits per heavy atom. The quantitative estimate of drug-likeness (QED) is 0.467. The van der Waals surface area contributed by atoms with E-state index >= 15 is 0 Å². The molecule has 1 N–H and O–H groups in total. The Morgan fingerprint density at radius 3 is 2.54 bits per heavy atom. The van der Waals surface area contributed by atoms with Gasteiger partial charge in [-0.2, -0.15) is 14.9 Å². The van der Waals surface area contributed by atoms with E-state index in [9.17, 15) is 0 Å². The van der Waals surface area contributed by atoms with Crippen LogP contribution >= 0.6 is 12.2 Å². The molecule has 3 aromatic rings. The van der Waals surface area contributed by atoms with Crippen molar-refractivity contribution in [3.8, 4) is 22.9 Å². The molecule has 3 rings (SSSR count). The molecule has 0 amide bonds. The minimum absolute atomic E-state index is 0.234. The maximum Gasteiger partial charge on any atom is 0.216 e. The Hall–Kier alpha value is -2.93. The minimum Gasteiger partial charge on any atom is -0.493 e. The van der Waals surface area contributed by atoms with Gasteiger partial charge in [0.05, 0.1) is 18.4 Å². The summed E-state index contributed by atoms with van der Waals surface area (Å²) in [5.74, 6) is 2.15. The van der Waals surface area contributed by atoms with Crippen LogP contribution in [0.3, 0.4) is 0 Å². The molecule has 146 valence electrons. The first-order chi connectivity index (χ1) is 13.4. The molecule has 7 heteroatoms. The summed E-state index contributed by atoms with van der Waals surface area (Å²) in [5, 5.41) is 11.6. The molecule has 0 saturated heterocycles. The number of para-hydroxylation sites is 1. The van der Waals surface area contributed by atoms with Gasteiger partial charge >= 0.3 is 0 Å². The number of hydrogen-bond donors (Lipinski definition) is 1. The van der Waals surface area contributed by atoms with Gasteiger partial charge in [-0.15, -0.1) is 0 Å². The lowest BCUT2D eigenvalue weighted by atomic mass is 10.2. The molecule has 0 aliphatic heterocycles. The van der Waals surface area contributed by atoms with Crippen molar-refractivity contribution in [3.05, 3.63) is 58.9 Å². The van der Waals surface area contributed by atoms with Crippen LogP contribution in [-0.2, 0) is 0 Å². The fourth-order valence-electron chi connectivity index (χ4n) is 2.61. The maximum atomic E-state index is 5.84. The lowest BCUT2D eigenvalue weighted by molar-refractivity contribution is 0.131. The monoisotopic (exact) mass is 396 g/mol. The third-order valence-corrected chi connectivity index (χ3v) is 3.97. The predicted molar refractivity (Wildman–Crippen MR) is 114 cm³/mol. The highest BCUT2D eigenvalue weighted by Crippen LogP contribution is 2.28. The summed E-state index contributed by atoms with van der Waals surface area (Å²) in [5.41, 5.74) is 1.51. The Bertz CT molecular complexity index is 1010. The zero-order chi connectivity index (χ0) is 20.1. The Labute approximate surface area is 169 Å². The normalized spacial score (nSPS) is 11.7. The van der Waals surface area contributed by atoms with Crippen LogP contribution in [0.4, 0.5) is 0 Å². The molecule has 2 aromatic carbocycles. The van der Waals surface area contributed by atoms with Crippen molar-refractivity contribution in [2.24, 2.45) is 5.10 Å². The fraction of sp³-hybridized carbons (Fsp3) is 0.286. The molecule has 0 fully saturated rings. The lowest BCUT2D eigenvalue weighted by Crippen LogP contribution is -2.22. The van der Waals surface area contributed by atoms with E-state index in [1.165, 1.54) is 0 Å². The van der Waals surface area contributed by atoms with Crippen molar-refractivity contribution < 1.29 is 9.47 Å². The molecule has 0 aliphatic rings. The van der Waals surface area contributed by atoms with Crippen LogP contribution in [0.25, 0.3) is 11.4 Å². The lowest BCUT2D eigenvalue weighted by Gasteiger charge is -2.21. The molecular formula is C21H24N4O2S. The van der Waals surface area contributed by atoms with E-state index in [2.05, 4.69) is 15.3 Å². The molecule has 28 heavy (non-hydrogen) atoms. The first-order valence-corrected chi connectivity index (χ1v) is 9.51. The smallest absolute Gasteiger partial charge is 0.216 e. The molecule has 0 unspecified atom stereocenters. The number of hydrogen-bond acceptors (Lipinski definition) is 5. The number of nitrogens with one attached hydrogen (secondary N) is 1. The van der Waals surface area contributed by atoms with Crippen molar-refractivity contribution in [1.82, 2.24) is 14.9 Å². The van der Waals surface area contributed by atoms with Crippen LogP contribution < -0.4 is 9.47 Å². The molecule has 0 bridgehead atoms. The van der Waals surface area contributed by atoms with E-state index in [4.69, 9.17) is 21.7 Å². The van der Waals surface area contributed by atoms with Gasteiger partial charge in [-0.1, -0.05) is 12.1 Å². The molecular weight excluding hydrogens is 372 g/mol. The van der Waals surface area contributed by atoms with Crippen LogP contribution in [0.1, 0.15) is 33.3 Å². The SMILES string of the molecule is CCOc1ccccc1-c1n[nH]c(=S)n1/N=C\c1ccc(OC(C)(C)C)cc1. The predicted octanol–water partition coefficient (Wildman–Crippen LogP) is 5.07. The van der Waals surface area contributed by atoms with Gasteiger partial charge in [0.1, 0.15) is 17.1 Å². The zero-order valence-electron chi connectivity index (χ0n) is 16.5. The van der Waals surface area contributed by atoms with Crippen LogP contribution in [-0.4, -0.2) is 33.3 Å². The van der Waals surface area contributed by atoms with Crippen LogP contribution in [0.5, 0.6) is 11.5 Å². The van der Waals surface area contributed by atoms with Crippen LogP contribution in [0, 0.1) is 4.77 Å². The molecule has 0 aliphatic carbocycles. The fourth-order valence-corrected chi connectivity index (χ4v) is 2.79. The molecule has 6 nitrogen and oxygen atoms in total. The molecule has 0 radical (unpaired) electrons. The van der Waals surface area contributed by atoms with Crippen molar-refractivity contribution in [2.75, 3.05) is 6.61 Å². The highest BCUT2D eigenvalue weighted by Gasteiger charge is 2.13. The summed E-state index contributed by atoms with van der Waals surface area (Å²) >= 11 is 5.35. The van der Waals surface area contributed by atoms with Gasteiger partial charge in [0.15, 0.2) is 5.82 Å².